The van der Waals surface area contributed by atoms with Gasteiger partial charge >= 0.3 is 5.51 Å². The maximum atomic E-state index is 13.3. The molecule has 0 radical (unpaired) electrons. The Labute approximate surface area is 236 Å². The standard InChI is InChI=1S/C23H18ClF3N2O7S4/c1-13-16-11-14(24)7-10-20(16)37-22(13)40(34,35)29-18-6-4-3-5-17(18)28-39(32,33)21-12-15(8-9-19(21)36-2)38(30,31)23(25,26)27/h3-12,28-29H,1-2H3. The molecule has 4 rings (SSSR count). The van der Waals surface area contributed by atoms with Crippen molar-refractivity contribution in [2.24, 2.45) is 0 Å². The highest BCUT2D eigenvalue weighted by atomic mass is 35.5. The Morgan fingerprint density at radius 3 is 2.02 bits per heavy atom. The molecule has 17 heteroatoms. The zero-order valence-corrected chi connectivity index (χ0v) is 24.3. The number of hydrogen-bond acceptors (Lipinski definition) is 8. The van der Waals surface area contributed by atoms with Crippen molar-refractivity contribution in [2.75, 3.05) is 16.6 Å². The van der Waals surface area contributed by atoms with Crippen LogP contribution in [0.15, 0.2) is 74.7 Å². The van der Waals surface area contributed by atoms with E-state index in [9.17, 15) is 38.4 Å². The van der Waals surface area contributed by atoms with Crippen LogP contribution in [-0.2, 0) is 29.9 Å². The van der Waals surface area contributed by atoms with E-state index in [0.29, 0.717) is 32.8 Å². The van der Waals surface area contributed by atoms with Gasteiger partial charge in [-0.25, -0.2) is 25.3 Å². The van der Waals surface area contributed by atoms with Gasteiger partial charge in [-0.1, -0.05) is 23.7 Å². The van der Waals surface area contributed by atoms with Crippen molar-refractivity contribution in [3.63, 3.8) is 0 Å². The molecule has 0 aliphatic carbocycles. The molecular formula is C23H18ClF3N2O7S4. The summed E-state index contributed by atoms with van der Waals surface area (Å²) in [6.45, 7) is 1.59. The third-order valence-corrected chi connectivity index (χ3v) is 11.9. The smallest absolute Gasteiger partial charge is 0.495 e. The number of sulfonamides is 2. The first-order valence-electron chi connectivity index (χ1n) is 10.8. The third-order valence-electron chi connectivity index (χ3n) is 5.55. The number of sulfone groups is 1. The van der Waals surface area contributed by atoms with Crippen molar-refractivity contribution < 1.29 is 43.2 Å². The molecule has 214 valence electrons. The van der Waals surface area contributed by atoms with Crippen LogP contribution in [0.2, 0.25) is 5.02 Å². The first-order chi connectivity index (χ1) is 18.5. The molecule has 2 N–H and O–H groups in total. The first kappa shape index (κ1) is 29.9. The maximum absolute atomic E-state index is 13.3. The highest BCUT2D eigenvalue weighted by Crippen LogP contribution is 2.38. The fourth-order valence-electron chi connectivity index (χ4n) is 3.65. The number of hydrogen-bond donors (Lipinski definition) is 2. The molecule has 0 amide bonds. The highest BCUT2D eigenvalue weighted by Gasteiger charge is 2.47. The Hall–Kier alpha value is -3.05. The van der Waals surface area contributed by atoms with E-state index in [1.54, 1.807) is 25.1 Å². The van der Waals surface area contributed by atoms with E-state index in [0.717, 1.165) is 24.5 Å². The zero-order valence-electron chi connectivity index (χ0n) is 20.3. The van der Waals surface area contributed by atoms with Crippen molar-refractivity contribution >= 4 is 74.3 Å². The van der Waals surface area contributed by atoms with Gasteiger partial charge in [0.1, 0.15) is 14.9 Å². The molecule has 0 fully saturated rings. The Morgan fingerprint density at radius 1 is 0.850 bits per heavy atom. The highest BCUT2D eigenvalue weighted by molar-refractivity contribution is 7.95. The van der Waals surface area contributed by atoms with Crippen molar-refractivity contribution in [1.29, 1.82) is 0 Å². The second-order valence-corrected chi connectivity index (χ2v) is 15.1. The fourth-order valence-corrected chi connectivity index (χ4v) is 8.78. The lowest BCUT2D eigenvalue weighted by Crippen LogP contribution is -2.24. The van der Waals surface area contributed by atoms with Crippen molar-refractivity contribution in [3.05, 3.63) is 71.2 Å². The quantitative estimate of drug-likeness (QED) is 0.246. The Bertz CT molecular complexity index is 1960. The number of fused-ring (bicyclic) bond motifs is 1. The monoisotopic (exact) mass is 654 g/mol. The molecule has 0 spiro atoms. The summed E-state index contributed by atoms with van der Waals surface area (Å²) in [5.41, 5.74) is -5.77. The van der Waals surface area contributed by atoms with Gasteiger partial charge in [-0.2, -0.15) is 13.2 Å². The number of methoxy groups -OCH3 is 1. The van der Waals surface area contributed by atoms with Gasteiger partial charge in [-0.15, -0.1) is 11.3 Å². The summed E-state index contributed by atoms with van der Waals surface area (Å²) in [5.74, 6) is -0.453. The second kappa shape index (κ2) is 10.4. The number of anilines is 2. The summed E-state index contributed by atoms with van der Waals surface area (Å²) in [4.78, 5) is -2.24. The minimum absolute atomic E-state index is 0.0471. The van der Waals surface area contributed by atoms with Crippen molar-refractivity contribution in [3.8, 4) is 5.75 Å². The van der Waals surface area contributed by atoms with Gasteiger partial charge in [0.25, 0.3) is 29.9 Å². The normalized spacial score (nSPS) is 12.8. The molecule has 0 aliphatic rings. The molecule has 1 heterocycles. The number of rotatable bonds is 8. The molecule has 1 aromatic heterocycles. The van der Waals surface area contributed by atoms with Gasteiger partial charge in [-0.3, -0.25) is 9.44 Å². The molecule has 0 saturated heterocycles. The van der Waals surface area contributed by atoms with Crippen LogP contribution in [-0.4, -0.2) is 37.9 Å². The Balaban J connectivity index is 1.74. The van der Waals surface area contributed by atoms with Crippen molar-refractivity contribution in [1.82, 2.24) is 0 Å². The number of aryl methyl sites for hydroxylation is 1. The number of thiophene rings is 1. The lowest BCUT2D eigenvalue weighted by atomic mass is 10.2. The van der Waals surface area contributed by atoms with E-state index < -0.39 is 50.9 Å². The Kier molecular flexibility index (Phi) is 7.79. The van der Waals surface area contributed by atoms with Crippen LogP contribution in [0.5, 0.6) is 5.75 Å². The number of para-hydroxylation sites is 2. The molecule has 0 atom stereocenters. The summed E-state index contributed by atoms with van der Waals surface area (Å²) >= 11 is 7.00. The molecule has 40 heavy (non-hydrogen) atoms. The number of ether oxygens (including phenoxy) is 1. The predicted octanol–water partition coefficient (Wildman–Crippen LogP) is 5.77. The summed E-state index contributed by atoms with van der Waals surface area (Å²) < 4.78 is 126. The van der Waals surface area contributed by atoms with E-state index >= 15 is 0 Å². The molecule has 0 unspecified atom stereocenters. The molecule has 0 bridgehead atoms. The summed E-state index contributed by atoms with van der Waals surface area (Å²) in [6.07, 6.45) is 0. The van der Waals surface area contributed by atoms with E-state index in [4.69, 9.17) is 16.3 Å². The average Bonchev–Trinajstić information content (AvgIpc) is 3.20. The fraction of sp³-hybridized carbons (Fsp3) is 0.130. The molecule has 9 nitrogen and oxygen atoms in total. The van der Waals surface area contributed by atoms with E-state index in [1.165, 1.54) is 24.3 Å². The summed E-state index contributed by atoms with van der Waals surface area (Å²) in [5, 5.41) is 1.03. The number of alkyl halides is 3. The second-order valence-electron chi connectivity index (χ2n) is 8.17. The first-order valence-corrected chi connectivity index (χ1v) is 16.4. The third kappa shape index (κ3) is 5.58. The average molecular weight is 655 g/mol. The van der Waals surface area contributed by atoms with Crippen LogP contribution >= 0.6 is 22.9 Å². The molecule has 3 aromatic carbocycles. The van der Waals surface area contributed by atoms with Crippen LogP contribution in [0, 0.1) is 6.92 Å². The van der Waals surface area contributed by atoms with Crippen LogP contribution in [0.25, 0.3) is 10.1 Å². The van der Waals surface area contributed by atoms with Gasteiger partial charge in [-0.05, 0) is 66.4 Å². The van der Waals surface area contributed by atoms with Crippen LogP contribution in [0.4, 0.5) is 24.5 Å². The van der Waals surface area contributed by atoms with E-state index in [2.05, 4.69) is 9.44 Å². The molecule has 0 aliphatic heterocycles. The van der Waals surface area contributed by atoms with Gasteiger partial charge in [0.2, 0.25) is 0 Å². The lowest BCUT2D eigenvalue weighted by molar-refractivity contribution is -0.0436. The largest absolute Gasteiger partial charge is 0.501 e. The lowest BCUT2D eigenvalue weighted by Gasteiger charge is -2.16. The SMILES string of the molecule is COc1ccc(S(=O)(=O)C(F)(F)F)cc1S(=O)(=O)Nc1ccccc1NS(=O)(=O)c1sc2ccc(Cl)cc2c1C. The van der Waals surface area contributed by atoms with Crippen LogP contribution in [0.1, 0.15) is 5.56 Å². The minimum atomic E-state index is -5.88. The predicted molar refractivity (Wildman–Crippen MR) is 146 cm³/mol. The minimum Gasteiger partial charge on any atom is -0.495 e. The summed E-state index contributed by atoms with van der Waals surface area (Å²) in [7, 11) is -13.9. The van der Waals surface area contributed by atoms with Gasteiger partial charge in [0.15, 0.2) is 0 Å². The van der Waals surface area contributed by atoms with E-state index in [-0.39, 0.29) is 15.6 Å². The number of halogens is 4. The topological polar surface area (TPSA) is 136 Å². The number of nitrogens with one attached hydrogen (secondary N) is 2. The zero-order chi connectivity index (χ0) is 29.7. The van der Waals surface area contributed by atoms with Crippen LogP contribution < -0.4 is 14.2 Å². The molecular weight excluding hydrogens is 637 g/mol. The van der Waals surface area contributed by atoms with Gasteiger partial charge in [0, 0.05) is 9.72 Å². The summed E-state index contributed by atoms with van der Waals surface area (Å²) in [6, 6.07) is 11.8. The van der Waals surface area contributed by atoms with Crippen molar-refractivity contribution in [2.45, 2.75) is 26.4 Å². The molecule has 4 aromatic rings. The van der Waals surface area contributed by atoms with Gasteiger partial charge in [0.05, 0.1) is 23.4 Å². The van der Waals surface area contributed by atoms with Gasteiger partial charge < -0.3 is 4.74 Å². The molecule has 0 saturated carbocycles. The van der Waals surface area contributed by atoms with Crippen LogP contribution in [0.3, 0.4) is 0 Å². The maximum Gasteiger partial charge on any atom is 0.501 e. The number of benzene rings is 3. The van der Waals surface area contributed by atoms with E-state index in [1.807, 2.05) is 0 Å². The Morgan fingerprint density at radius 2 is 1.45 bits per heavy atom.